The van der Waals surface area contributed by atoms with Gasteiger partial charge in [-0.3, -0.25) is 14.9 Å². The van der Waals surface area contributed by atoms with Crippen LogP contribution in [0.2, 0.25) is 5.02 Å². The number of aliphatic hydroxyl groups excluding tert-OH is 1. The van der Waals surface area contributed by atoms with Gasteiger partial charge in [0.05, 0.1) is 30.7 Å². The second-order valence-electron chi connectivity index (χ2n) is 13.5. The third-order valence-corrected chi connectivity index (χ3v) is 10.8. The van der Waals surface area contributed by atoms with Crippen LogP contribution in [0.25, 0.3) is 0 Å². The molecule has 0 aromatic heterocycles. The Balaban J connectivity index is 1.85. The molecular formula is C35H49ClN2O10. The fraction of sp³-hybridized carbons (Fsp3) is 0.629. The minimum atomic E-state index is -2.05. The minimum Gasteiger partial charge on any atom is -0.495 e. The number of alkyl carbamates (subject to hydrolysis) is 1. The number of ether oxygens (including phenoxy) is 5. The summed E-state index contributed by atoms with van der Waals surface area (Å²) in [6, 6.07) is 3.44. The lowest BCUT2D eigenvalue weighted by Gasteiger charge is -2.41. The van der Waals surface area contributed by atoms with Crippen LogP contribution in [0.4, 0.5) is 10.5 Å². The Hall–Kier alpha value is -3.16. The highest BCUT2D eigenvalue weighted by Crippen LogP contribution is 2.50. The number of carbonyl (C=O) groups excluding carboxylic acids is 3. The maximum atomic E-state index is 14.1. The van der Waals surface area contributed by atoms with Gasteiger partial charge >= 0.3 is 12.1 Å². The number of epoxide rings is 1. The Morgan fingerprint density at radius 2 is 1.90 bits per heavy atom. The summed E-state index contributed by atoms with van der Waals surface area (Å²) in [6.45, 7) is 11.0. The lowest BCUT2D eigenvalue weighted by Crippen LogP contribution is -2.63. The van der Waals surface area contributed by atoms with Crippen molar-refractivity contribution in [3.63, 3.8) is 0 Å². The predicted molar refractivity (Wildman–Crippen MR) is 179 cm³/mol. The summed E-state index contributed by atoms with van der Waals surface area (Å²) >= 11 is 6.76. The van der Waals surface area contributed by atoms with Crippen LogP contribution >= 0.6 is 11.6 Å². The van der Waals surface area contributed by atoms with Crippen LogP contribution in [0.1, 0.15) is 78.9 Å². The monoisotopic (exact) mass is 692 g/mol. The molecule has 3 N–H and O–H groups in total. The molecule has 0 aliphatic carbocycles. The number of hydrogen-bond acceptors (Lipinski definition) is 10. The quantitative estimate of drug-likeness (QED) is 0.274. The van der Waals surface area contributed by atoms with Crippen molar-refractivity contribution in [1.29, 1.82) is 0 Å². The summed E-state index contributed by atoms with van der Waals surface area (Å²) in [6.07, 6.45) is -0.294. The van der Waals surface area contributed by atoms with Crippen LogP contribution < -0.4 is 15.0 Å². The number of rotatable bonds is 6. The first-order valence-corrected chi connectivity index (χ1v) is 16.7. The van der Waals surface area contributed by atoms with Gasteiger partial charge in [-0.1, -0.05) is 50.6 Å². The first-order chi connectivity index (χ1) is 22.5. The Bertz CT molecular complexity index is 1460. The van der Waals surface area contributed by atoms with E-state index in [9.17, 15) is 24.6 Å². The van der Waals surface area contributed by atoms with Crippen LogP contribution in [0, 0.1) is 11.3 Å². The molecule has 3 aliphatic rings. The molecular weight excluding hydrogens is 644 g/mol. The summed E-state index contributed by atoms with van der Waals surface area (Å²) in [5.41, 5.74) is -2.28. The second-order valence-corrected chi connectivity index (χ2v) is 13.9. The van der Waals surface area contributed by atoms with Crippen molar-refractivity contribution in [2.45, 2.75) is 109 Å². The van der Waals surface area contributed by atoms with Gasteiger partial charge in [-0.05, 0) is 56.9 Å². The highest BCUT2D eigenvalue weighted by molar-refractivity contribution is 6.35. The van der Waals surface area contributed by atoms with Crippen molar-refractivity contribution in [1.82, 2.24) is 5.32 Å². The highest BCUT2D eigenvalue weighted by atomic mass is 35.5. The van der Waals surface area contributed by atoms with E-state index < -0.39 is 71.1 Å². The number of nitrogens with zero attached hydrogens (tertiary/aromatic N) is 1. The Morgan fingerprint density at radius 3 is 2.50 bits per heavy atom. The van der Waals surface area contributed by atoms with Crippen LogP contribution in [-0.4, -0.2) is 85.2 Å². The second kappa shape index (κ2) is 14.4. The highest BCUT2D eigenvalue weighted by Gasteiger charge is 2.64. The number of benzene rings is 1. The van der Waals surface area contributed by atoms with E-state index in [1.54, 1.807) is 45.2 Å². The number of halogens is 1. The summed E-state index contributed by atoms with van der Waals surface area (Å²) in [5.74, 6) is -1.07. The molecule has 3 aliphatic heterocycles. The van der Waals surface area contributed by atoms with E-state index in [2.05, 4.69) is 5.32 Å². The average Bonchev–Trinajstić information content (AvgIpc) is 3.75. The molecule has 2 saturated heterocycles. The van der Waals surface area contributed by atoms with Crippen LogP contribution in [-0.2, 0) is 28.5 Å². The molecule has 1 aromatic carbocycles. The van der Waals surface area contributed by atoms with E-state index in [0.717, 1.165) is 0 Å². The maximum Gasteiger partial charge on any atom is 0.409 e. The molecule has 0 saturated carbocycles. The van der Waals surface area contributed by atoms with Gasteiger partial charge in [0.25, 0.3) is 0 Å². The summed E-state index contributed by atoms with van der Waals surface area (Å²) in [5, 5.41) is 25.0. The average molecular weight is 693 g/mol. The topological polar surface area (TPSA) is 156 Å². The SMILES string of the molecule is CCC(C)(CC)C(=O)OC1CC(=O)N(C)c2cc(cc(OC)c2Cl)C(OC)C(C)=CC=CC(O)C2(O)CC(OC(=O)N2)C(C)C2OC12C. The van der Waals surface area contributed by atoms with E-state index in [4.69, 9.17) is 35.3 Å². The van der Waals surface area contributed by atoms with Gasteiger partial charge in [-0.25, -0.2) is 4.79 Å². The van der Waals surface area contributed by atoms with Crippen molar-refractivity contribution in [2.24, 2.45) is 11.3 Å². The van der Waals surface area contributed by atoms with E-state index in [0.29, 0.717) is 35.4 Å². The van der Waals surface area contributed by atoms with Gasteiger partial charge in [0.2, 0.25) is 5.91 Å². The number of esters is 1. The molecule has 48 heavy (non-hydrogen) atoms. The summed E-state index contributed by atoms with van der Waals surface area (Å²) in [4.78, 5) is 41.7. The maximum absolute atomic E-state index is 14.1. The Kier molecular flexibility index (Phi) is 11.3. The molecule has 2 fully saturated rings. The molecule has 13 heteroatoms. The van der Waals surface area contributed by atoms with E-state index in [1.807, 2.05) is 27.7 Å². The summed E-state index contributed by atoms with van der Waals surface area (Å²) < 4.78 is 29.3. The molecule has 8 unspecified atom stereocenters. The number of fused-ring (bicyclic) bond motifs is 5. The number of aliphatic hydroxyl groups is 2. The molecule has 4 bridgehead atoms. The fourth-order valence-electron chi connectivity index (χ4n) is 6.45. The van der Waals surface area contributed by atoms with E-state index in [-0.39, 0.29) is 17.9 Å². The normalized spacial score (nSPS) is 32.8. The third kappa shape index (κ3) is 7.23. The van der Waals surface area contributed by atoms with Crippen molar-refractivity contribution in [3.05, 3.63) is 46.5 Å². The Labute approximate surface area is 287 Å². The number of allylic oxidation sites excluding steroid dienone is 2. The molecule has 1 aromatic rings. The molecule has 3 heterocycles. The van der Waals surface area contributed by atoms with Crippen molar-refractivity contribution in [3.8, 4) is 5.75 Å². The molecule has 4 rings (SSSR count). The lowest BCUT2D eigenvalue weighted by atomic mass is 9.83. The van der Waals surface area contributed by atoms with Crippen molar-refractivity contribution >= 4 is 35.3 Å². The first-order valence-electron chi connectivity index (χ1n) is 16.3. The van der Waals surface area contributed by atoms with Gasteiger partial charge in [0.15, 0.2) is 5.72 Å². The number of methoxy groups -OCH3 is 2. The number of hydrogen-bond donors (Lipinski definition) is 3. The minimum absolute atomic E-state index is 0.162. The molecule has 8 atom stereocenters. The smallest absolute Gasteiger partial charge is 0.409 e. The van der Waals surface area contributed by atoms with Crippen molar-refractivity contribution < 1.29 is 48.3 Å². The van der Waals surface area contributed by atoms with E-state index >= 15 is 0 Å². The molecule has 0 spiro atoms. The number of carbonyl (C=O) groups is 3. The third-order valence-electron chi connectivity index (χ3n) is 10.4. The van der Waals surface area contributed by atoms with Crippen LogP contribution in [0.5, 0.6) is 5.75 Å². The zero-order chi connectivity index (χ0) is 35.8. The lowest BCUT2D eigenvalue weighted by molar-refractivity contribution is -0.165. The van der Waals surface area contributed by atoms with Gasteiger partial charge in [0, 0.05) is 26.5 Å². The Morgan fingerprint density at radius 1 is 1.23 bits per heavy atom. The number of amides is 2. The molecule has 266 valence electrons. The first kappa shape index (κ1) is 37.7. The molecule has 12 nitrogen and oxygen atoms in total. The van der Waals surface area contributed by atoms with E-state index in [1.165, 1.54) is 25.2 Å². The van der Waals surface area contributed by atoms with Crippen LogP contribution in [0.15, 0.2) is 35.9 Å². The van der Waals surface area contributed by atoms with Gasteiger partial charge in [-0.15, -0.1) is 0 Å². The van der Waals surface area contributed by atoms with Crippen LogP contribution in [0.3, 0.4) is 0 Å². The van der Waals surface area contributed by atoms with Crippen molar-refractivity contribution in [2.75, 3.05) is 26.2 Å². The molecule has 0 radical (unpaired) electrons. The standard InChI is InChI=1S/C35H49ClN2O10/c1-10-33(5,11-2)31(41)47-26-17-27(40)38(7)22-15-21(16-23(44-8)28(22)36)29(45-9)19(3)13-12-14-25(39)35(43)18-24(46-32(42)37-35)20(4)30-34(26,6)48-30/h12-16,20,24-26,29-30,39,43H,10-11,17-18H2,1-9H3,(H,37,42). The zero-order valence-electron chi connectivity index (χ0n) is 29.2. The number of anilines is 1. The fourth-order valence-corrected chi connectivity index (χ4v) is 6.76. The summed E-state index contributed by atoms with van der Waals surface area (Å²) in [7, 11) is 4.58. The molecule has 2 amide bonds. The van der Waals surface area contributed by atoms with Gasteiger partial charge in [0.1, 0.15) is 40.8 Å². The largest absolute Gasteiger partial charge is 0.495 e. The van der Waals surface area contributed by atoms with Gasteiger partial charge in [-0.2, -0.15) is 0 Å². The number of nitrogens with one attached hydrogen (secondary N) is 1. The zero-order valence-corrected chi connectivity index (χ0v) is 29.9. The van der Waals surface area contributed by atoms with Gasteiger partial charge < -0.3 is 38.8 Å². The predicted octanol–water partition coefficient (Wildman–Crippen LogP) is 4.98.